The van der Waals surface area contributed by atoms with Crippen molar-refractivity contribution in [3.63, 3.8) is 0 Å². The molecule has 2 rings (SSSR count). The molecular formula is C18H28N2O2. The van der Waals surface area contributed by atoms with Gasteiger partial charge in [-0.15, -0.1) is 0 Å². The second kappa shape index (κ2) is 7.14. The molecule has 122 valence electrons. The Kier molecular flexibility index (Phi) is 5.46. The van der Waals surface area contributed by atoms with Crippen LogP contribution in [0.5, 0.6) is 0 Å². The van der Waals surface area contributed by atoms with Crippen molar-refractivity contribution in [2.75, 3.05) is 13.1 Å². The molecule has 2 N–H and O–H groups in total. The third-order valence-electron chi connectivity index (χ3n) is 4.68. The van der Waals surface area contributed by atoms with Crippen LogP contribution in [0.15, 0.2) is 12.1 Å². The van der Waals surface area contributed by atoms with Gasteiger partial charge in [-0.2, -0.15) is 0 Å². The molecule has 1 fully saturated rings. The third kappa shape index (κ3) is 4.01. The Labute approximate surface area is 133 Å². The number of aliphatic hydroxyl groups excluding tert-OH is 1. The first-order valence-electron chi connectivity index (χ1n) is 8.16. The molecule has 4 nitrogen and oxygen atoms in total. The summed E-state index contributed by atoms with van der Waals surface area (Å²) in [7, 11) is 0. The predicted octanol–water partition coefficient (Wildman–Crippen LogP) is 2.91. The van der Waals surface area contributed by atoms with Crippen molar-refractivity contribution in [1.29, 1.82) is 0 Å². The van der Waals surface area contributed by atoms with Crippen LogP contribution in [0.1, 0.15) is 42.0 Å². The van der Waals surface area contributed by atoms with Crippen molar-refractivity contribution in [2.24, 2.45) is 5.92 Å². The summed E-state index contributed by atoms with van der Waals surface area (Å²) in [5.74, 6) is 0.197. The van der Waals surface area contributed by atoms with Gasteiger partial charge in [0.15, 0.2) is 0 Å². The lowest BCUT2D eigenvalue weighted by Crippen LogP contribution is -2.47. The summed E-state index contributed by atoms with van der Waals surface area (Å²) in [5.41, 5.74) is 4.89. The molecule has 0 radical (unpaired) electrons. The van der Waals surface area contributed by atoms with Gasteiger partial charge in [-0.1, -0.05) is 17.7 Å². The van der Waals surface area contributed by atoms with E-state index in [1.807, 2.05) is 11.8 Å². The standard InChI is InChI=1S/C18H28N2O2/c1-12-8-13(2)17(14(3)9-12)10-19-18(22)20-7-5-6-16(11-20)15(4)21/h8-9,15-16,21H,5-7,10-11H2,1-4H3,(H,19,22)/t15-,16-/m1/s1. The maximum Gasteiger partial charge on any atom is 0.317 e. The molecule has 0 aromatic heterocycles. The highest BCUT2D eigenvalue weighted by Gasteiger charge is 2.26. The molecule has 22 heavy (non-hydrogen) atoms. The number of aryl methyl sites for hydroxylation is 3. The van der Waals surface area contributed by atoms with Gasteiger partial charge >= 0.3 is 6.03 Å². The quantitative estimate of drug-likeness (QED) is 0.902. The van der Waals surface area contributed by atoms with E-state index in [1.165, 1.54) is 22.3 Å². The zero-order valence-electron chi connectivity index (χ0n) is 14.1. The molecular weight excluding hydrogens is 276 g/mol. The second-order valence-electron chi connectivity index (χ2n) is 6.62. The Morgan fingerprint density at radius 2 is 2.00 bits per heavy atom. The summed E-state index contributed by atoms with van der Waals surface area (Å²) >= 11 is 0. The van der Waals surface area contributed by atoms with Gasteiger partial charge in [-0.05, 0) is 57.2 Å². The van der Waals surface area contributed by atoms with E-state index < -0.39 is 0 Å². The van der Waals surface area contributed by atoms with Crippen LogP contribution < -0.4 is 5.32 Å². The molecule has 0 saturated carbocycles. The Morgan fingerprint density at radius 3 is 2.59 bits per heavy atom. The van der Waals surface area contributed by atoms with Crippen LogP contribution in [0, 0.1) is 26.7 Å². The SMILES string of the molecule is Cc1cc(C)c(CNC(=O)N2CCC[C@@H]([C@@H](C)O)C2)c(C)c1. The number of carbonyl (C=O) groups excluding carboxylic acids is 1. The van der Waals surface area contributed by atoms with Crippen LogP contribution >= 0.6 is 0 Å². The fourth-order valence-electron chi connectivity index (χ4n) is 3.35. The minimum absolute atomic E-state index is 0.0234. The Balaban J connectivity index is 1.95. The largest absolute Gasteiger partial charge is 0.393 e. The zero-order chi connectivity index (χ0) is 16.3. The molecule has 1 aliphatic heterocycles. The Morgan fingerprint density at radius 1 is 1.36 bits per heavy atom. The van der Waals surface area contributed by atoms with Crippen LogP contribution in [0.3, 0.4) is 0 Å². The van der Waals surface area contributed by atoms with Crippen molar-refractivity contribution in [1.82, 2.24) is 10.2 Å². The molecule has 0 aliphatic carbocycles. The van der Waals surface area contributed by atoms with Crippen molar-refractivity contribution in [3.8, 4) is 0 Å². The van der Waals surface area contributed by atoms with Crippen LogP contribution in [-0.4, -0.2) is 35.2 Å². The van der Waals surface area contributed by atoms with Gasteiger partial charge in [-0.3, -0.25) is 0 Å². The average Bonchev–Trinajstić information content (AvgIpc) is 2.46. The topological polar surface area (TPSA) is 52.6 Å². The van der Waals surface area contributed by atoms with Gasteiger partial charge in [0.1, 0.15) is 0 Å². The van der Waals surface area contributed by atoms with Gasteiger partial charge in [-0.25, -0.2) is 4.79 Å². The van der Waals surface area contributed by atoms with Crippen molar-refractivity contribution in [3.05, 3.63) is 34.4 Å². The number of rotatable bonds is 3. The predicted molar refractivity (Wildman–Crippen MR) is 88.9 cm³/mol. The summed E-state index contributed by atoms with van der Waals surface area (Å²) in [6, 6.07) is 4.28. The first kappa shape index (κ1) is 16.8. The molecule has 1 aromatic carbocycles. The van der Waals surface area contributed by atoms with Gasteiger partial charge in [0.2, 0.25) is 0 Å². The number of urea groups is 1. The zero-order valence-corrected chi connectivity index (χ0v) is 14.1. The van der Waals surface area contributed by atoms with Gasteiger partial charge in [0.05, 0.1) is 6.10 Å². The van der Waals surface area contributed by atoms with Crippen LogP contribution in [0.2, 0.25) is 0 Å². The fraction of sp³-hybridized carbons (Fsp3) is 0.611. The number of amides is 2. The summed E-state index contributed by atoms with van der Waals surface area (Å²) < 4.78 is 0. The minimum atomic E-state index is -0.350. The first-order valence-corrected chi connectivity index (χ1v) is 8.16. The molecule has 2 amide bonds. The second-order valence-corrected chi connectivity index (χ2v) is 6.62. The fourth-order valence-corrected chi connectivity index (χ4v) is 3.35. The van der Waals surface area contributed by atoms with Crippen LogP contribution in [-0.2, 0) is 6.54 Å². The van der Waals surface area contributed by atoms with Gasteiger partial charge < -0.3 is 15.3 Å². The summed E-state index contributed by atoms with van der Waals surface area (Å²) in [5, 5.41) is 12.8. The van der Waals surface area contributed by atoms with Gasteiger partial charge in [0, 0.05) is 25.6 Å². The van der Waals surface area contributed by atoms with E-state index in [0.29, 0.717) is 13.1 Å². The molecule has 4 heteroatoms. The maximum atomic E-state index is 12.4. The molecule has 1 aromatic rings. The first-order chi connectivity index (χ1) is 10.4. The highest BCUT2D eigenvalue weighted by molar-refractivity contribution is 5.74. The number of piperidine rings is 1. The number of aliphatic hydroxyl groups is 1. The molecule has 0 bridgehead atoms. The van der Waals surface area contributed by atoms with Crippen molar-refractivity contribution >= 4 is 6.03 Å². The lowest BCUT2D eigenvalue weighted by atomic mass is 9.94. The monoisotopic (exact) mass is 304 g/mol. The van der Waals surface area contributed by atoms with Gasteiger partial charge in [0.25, 0.3) is 0 Å². The number of nitrogens with one attached hydrogen (secondary N) is 1. The highest BCUT2D eigenvalue weighted by atomic mass is 16.3. The number of nitrogens with zero attached hydrogens (tertiary/aromatic N) is 1. The molecule has 1 saturated heterocycles. The van der Waals surface area contributed by atoms with E-state index in [-0.39, 0.29) is 18.1 Å². The van der Waals surface area contributed by atoms with E-state index in [4.69, 9.17) is 0 Å². The number of likely N-dealkylation sites (tertiary alicyclic amines) is 1. The maximum absolute atomic E-state index is 12.4. The molecule has 2 atom stereocenters. The lowest BCUT2D eigenvalue weighted by Gasteiger charge is -2.34. The average molecular weight is 304 g/mol. The normalized spacial score (nSPS) is 19.9. The molecule has 0 unspecified atom stereocenters. The number of hydrogen-bond donors (Lipinski definition) is 2. The number of benzene rings is 1. The molecule has 1 heterocycles. The molecule has 1 aliphatic rings. The number of carbonyl (C=O) groups is 1. The van der Waals surface area contributed by atoms with E-state index >= 15 is 0 Å². The van der Waals surface area contributed by atoms with Crippen molar-refractivity contribution in [2.45, 2.75) is 53.2 Å². The molecule has 0 spiro atoms. The van der Waals surface area contributed by atoms with E-state index in [1.54, 1.807) is 0 Å². The number of hydrogen-bond acceptors (Lipinski definition) is 2. The summed E-state index contributed by atoms with van der Waals surface area (Å²) in [6.45, 7) is 10.1. The van der Waals surface area contributed by atoms with Crippen molar-refractivity contribution < 1.29 is 9.90 Å². The highest BCUT2D eigenvalue weighted by Crippen LogP contribution is 2.20. The van der Waals surface area contributed by atoms with E-state index in [2.05, 4.69) is 38.2 Å². The third-order valence-corrected chi connectivity index (χ3v) is 4.68. The summed E-state index contributed by atoms with van der Waals surface area (Å²) in [4.78, 5) is 14.2. The van der Waals surface area contributed by atoms with Crippen LogP contribution in [0.4, 0.5) is 4.79 Å². The van der Waals surface area contributed by atoms with E-state index in [0.717, 1.165) is 19.4 Å². The minimum Gasteiger partial charge on any atom is -0.393 e. The lowest BCUT2D eigenvalue weighted by molar-refractivity contribution is 0.0738. The van der Waals surface area contributed by atoms with E-state index in [9.17, 15) is 9.90 Å². The van der Waals surface area contributed by atoms with Crippen LogP contribution in [0.25, 0.3) is 0 Å². The Bertz CT molecular complexity index is 517. The Hall–Kier alpha value is -1.55. The smallest absolute Gasteiger partial charge is 0.317 e. The summed E-state index contributed by atoms with van der Waals surface area (Å²) in [6.07, 6.45) is 1.61.